The minimum absolute atomic E-state index is 0.0694. The van der Waals surface area contributed by atoms with Gasteiger partial charge < -0.3 is 9.95 Å². The van der Waals surface area contributed by atoms with Gasteiger partial charge in [-0.1, -0.05) is 0 Å². The number of rotatable bonds is 0. The third-order valence-electron chi connectivity index (χ3n) is 0.620. The lowest BCUT2D eigenvalue weighted by Gasteiger charge is -2.08. The maximum atomic E-state index is 10.3. The van der Waals surface area contributed by atoms with E-state index in [1.165, 1.54) is 4.72 Å². The molecule has 0 bridgehead atoms. The van der Waals surface area contributed by atoms with Gasteiger partial charge in [-0.3, -0.25) is 4.79 Å². The third kappa shape index (κ3) is 2.20. The van der Waals surface area contributed by atoms with Crippen LogP contribution in [0.25, 0.3) is 0 Å². The Morgan fingerprint density at radius 1 is 1.57 bits per heavy atom. The second-order valence-corrected chi connectivity index (χ2v) is 1.45. The Morgan fingerprint density at radius 2 is 2.00 bits per heavy atom. The second kappa shape index (κ2) is 2.61. The molecule has 0 aromatic rings. The normalized spacial score (nSPS) is 7.43. The summed E-state index contributed by atoms with van der Waals surface area (Å²) in [5.74, 6) is 0. The summed E-state index contributed by atoms with van der Waals surface area (Å²) in [4.78, 5) is 10.3. The lowest BCUT2D eigenvalue weighted by atomic mass is 10.2. The zero-order valence-electron chi connectivity index (χ0n) is 4.86. The highest BCUT2D eigenvalue weighted by atomic mass is 16.2. The van der Waals surface area contributed by atoms with Gasteiger partial charge in [-0.15, -0.1) is 0 Å². The molecule has 3 nitrogen and oxygen atoms in total. The number of carbonyl (C=O) groups is 1. The van der Waals surface area contributed by atoms with Gasteiger partial charge in [-0.05, 0) is 0 Å². The molecule has 0 heterocycles. The Labute approximate surface area is 45.7 Å². The Morgan fingerprint density at radius 3 is 2.00 bits per heavy atom. The number of nitrogens with zero attached hydrogens (tertiary/aromatic N) is 1. The molecule has 0 aliphatic heterocycles. The van der Waals surface area contributed by atoms with E-state index < -0.39 is 0 Å². The van der Waals surface area contributed by atoms with Crippen LogP contribution in [-0.4, -0.2) is 34.7 Å². The van der Waals surface area contributed by atoms with Gasteiger partial charge in [0.2, 0.25) is 23.9 Å². The van der Waals surface area contributed by atoms with Gasteiger partial charge in [-0.2, -0.15) is 0 Å². The fourth-order valence-electron chi connectivity index (χ4n) is 0.224. The van der Waals surface area contributed by atoms with Crippen LogP contribution in [0.3, 0.4) is 0 Å². The van der Waals surface area contributed by atoms with E-state index in [1.807, 2.05) is 0 Å². The summed E-state index contributed by atoms with van der Waals surface area (Å²) in [6.07, 6.45) is 0. The molecule has 0 unspecified atom stereocenters. The fourth-order valence-corrected chi connectivity index (χ4v) is 0.224. The van der Waals surface area contributed by atoms with Gasteiger partial charge >= 0.3 is 0 Å². The number of hydrogen-bond acceptors (Lipinski definition) is 1. The molecule has 0 aromatic heterocycles. The summed E-state index contributed by atoms with van der Waals surface area (Å²) in [6.45, 7) is 0. The van der Waals surface area contributed by atoms with E-state index in [0.29, 0.717) is 0 Å². The van der Waals surface area contributed by atoms with Crippen LogP contribution in [0, 0.1) is 0 Å². The summed E-state index contributed by atoms with van der Waals surface area (Å²) in [7, 11) is 4.99. The lowest BCUT2D eigenvalue weighted by molar-refractivity contribution is 0.242. The first-order valence-corrected chi connectivity index (χ1v) is 2.07. The van der Waals surface area contributed by atoms with Crippen molar-refractivity contribution < 1.29 is 4.79 Å². The summed E-state index contributed by atoms with van der Waals surface area (Å²) >= 11 is 0. The second-order valence-electron chi connectivity index (χ2n) is 1.45. The van der Waals surface area contributed by atoms with E-state index in [4.69, 9.17) is 0 Å². The number of carbonyl (C=O) groups excluding carboxylic acids is 1. The van der Waals surface area contributed by atoms with Crippen LogP contribution in [0.2, 0.25) is 0 Å². The number of nitrogens with one attached hydrogen (secondary N) is 1. The van der Waals surface area contributed by atoms with Crippen molar-refractivity contribution in [2.24, 2.45) is 0 Å². The van der Waals surface area contributed by atoms with Gasteiger partial charge in [0.1, 0.15) is 0 Å². The summed E-state index contributed by atoms with van der Waals surface area (Å²) < 4.78 is 1.47. The lowest BCUT2D eigenvalue weighted by Crippen LogP contribution is -2.34. The summed E-state index contributed by atoms with van der Waals surface area (Å²) in [5.41, 5.74) is 0. The Kier molecular flexibility index (Phi) is 2.41. The highest BCUT2D eigenvalue weighted by Gasteiger charge is 1.93. The highest BCUT2D eigenvalue weighted by molar-refractivity contribution is 6.35. The van der Waals surface area contributed by atoms with Crippen LogP contribution < -0.4 is 5.23 Å². The van der Waals surface area contributed by atoms with Crippen molar-refractivity contribution in [2.45, 2.75) is 0 Å². The number of urea groups is 1. The highest BCUT2D eigenvalue weighted by Crippen LogP contribution is 1.67. The molecule has 0 saturated heterocycles. The topological polar surface area (TPSA) is 32.3 Å². The molecule has 0 fully saturated rings. The van der Waals surface area contributed by atoms with Gasteiger partial charge in [0.25, 0.3) is 6.03 Å². The van der Waals surface area contributed by atoms with Crippen molar-refractivity contribution in [3.63, 3.8) is 0 Å². The molecule has 0 rings (SSSR count). The molecule has 2 amide bonds. The van der Waals surface area contributed by atoms with E-state index in [-0.39, 0.29) is 6.03 Å². The van der Waals surface area contributed by atoms with Crippen LogP contribution in [-0.2, 0) is 0 Å². The summed E-state index contributed by atoms with van der Waals surface area (Å²) in [6, 6.07) is -0.0694. The van der Waals surface area contributed by atoms with Crippen LogP contribution in [0.1, 0.15) is 0 Å². The van der Waals surface area contributed by atoms with Crippen LogP contribution in [0.5, 0.6) is 0 Å². The first-order valence-electron chi connectivity index (χ1n) is 2.07. The maximum Gasteiger partial charge on any atom is 0.279 e. The average Bonchev–Trinajstić information content (AvgIpc) is 1.65. The average molecular weight is 95.5 g/mol. The van der Waals surface area contributed by atoms with E-state index >= 15 is 0 Å². The minimum Gasteiger partial charge on any atom is -0.426 e. The first-order chi connectivity index (χ1) is 3.18. The Balaban J connectivity index is 3.35. The quantitative estimate of drug-likeness (QED) is 0.313. The van der Waals surface area contributed by atoms with Crippen LogP contribution in [0.15, 0.2) is 0 Å². The molecular weight excluding hydrogens is 88.5 g/mol. The number of hydrogen-bond donors (Lipinski definition) is 1. The molecule has 36 valence electrons. The Bertz CT molecular complexity index is 73.3. The van der Waals surface area contributed by atoms with Crippen molar-refractivity contribution in [1.29, 1.82) is 0 Å². The monoisotopic (exact) mass is 96.1 g/mol. The van der Waals surface area contributed by atoms with Crippen molar-refractivity contribution in [3.05, 3.63) is 0 Å². The zero-order valence-corrected chi connectivity index (χ0v) is 4.86. The maximum absolute atomic E-state index is 10.3. The van der Waals surface area contributed by atoms with E-state index in [2.05, 4.69) is 5.23 Å². The molecule has 0 spiro atoms. The molecule has 0 aromatic carbocycles. The molecule has 0 atom stereocenters. The van der Waals surface area contributed by atoms with Gasteiger partial charge in [0.05, 0.1) is 0 Å². The predicted octanol–water partition coefficient (Wildman–Crippen LogP) is -3.36. The molecule has 7 heavy (non-hydrogen) atoms. The molecule has 0 aliphatic carbocycles. The van der Waals surface area contributed by atoms with Crippen LogP contribution >= 0.6 is 0 Å². The smallest absolute Gasteiger partial charge is 0.279 e. The van der Waals surface area contributed by atoms with Crippen molar-refractivity contribution in [1.82, 2.24) is 9.95 Å². The molecular formula is CH7B3N2O. The van der Waals surface area contributed by atoms with Crippen molar-refractivity contribution in [2.75, 3.05) is 0 Å². The van der Waals surface area contributed by atoms with Gasteiger partial charge in [0.15, 0.2) is 0 Å². The first kappa shape index (κ1) is 6.46. The van der Waals surface area contributed by atoms with Crippen LogP contribution in [0.4, 0.5) is 4.79 Å². The predicted molar refractivity (Wildman–Crippen MR) is 36.0 cm³/mol. The SMILES string of the molecule is BNC(=O)N(B)B. The zero-order chi connectivity index (χ0) is 5.86. The minimum atomic E-state index is -0.0694. The van der Waals surface area contributed by atoms with Crippen molar-refractivity contribution >= 4 is 30.0 Å². The molecule has 0 aliphatic rings. The molecule has 0 saturated carbocycles. The van der Waals surface area contributed by atoms with E-state index in [1.54, 1.807) is 23.9 Å². The third-order valence-corrected chi connectivity index (χ3v) is 0.620. The molecule has 0 radical (unpaired) electrons. The fraction of sp³-hybridized carbons (Fsp3) is 0. The largest absolute Gasteiger partial charge is 0.426 e. The Hall–Kier alpha value is -0.535. The van der Waals surface area contributed by atoms with E-state index in [0.717, 1.165) is 0 Å². The standard InChI is InChI=1S/CH7B3N2O/c2-5-1(7)6(3)4/h2-4H2,(H,5,7). The van der Waals surface area contributed by atoms with E-state index in [9.17, 15) is 4.79 Å². The number of amides is 2. The van der Waals surface area contributed by atoms with Gasteiger partial charge in [-0.25, -0.2) is 0 Å². The summed E-state index contributed by atoms with van der Waals surface area (Å²) in [5, 5.41) is 2.45. The molecule has 6 heteroatoms. The molecule has 1 N–H and O–H groups in total. The van der Waals surface area contributed by atoms with Crippen molar-refractivity contribution in [3.8, 4) is 0 Å². The van der Waals surface area contributed by atoms with Gasteiger partial charge in [0, 0.05) is 0 Å².